The molecule has 0 unspecified atom stereocenters. The van der Waals surface area contributed by atoms with Crippen LogP contribution in [0.1, 0.15) is 211 Å². The predicted octanol–water partition coefficient (Wildman–Crippen LogP) is 20.3. The first-order chi connectivity index (χ1) is 54.4. The standard InChI is InChI=1S/C92H102N20O4/c1-85(2,3)53-37-45(38-54(69(53)113-25)86(4,5)6)81-105-101-61-33-29-49-65(109(61)81)77-93-73(49)98-78-67-51(31-35-63-103-107-83(111(63)67)47-41-57(89(13,14)15)71(115-27)58(42-47)90(16,17)18)75(95-78)100-80-68-52(32-36-64-104-108-84(112(64)68)48-43-59(91(19,20)21)72(116-28)60(44-48)92(22,23)24)76(96-80)99-79-66-50(74(94-79)97-77)30-34-62-102-106-82(110(62)66)46-39-55(87(7,8)9)70(114-26)56(40-46)88(10,11)12/h29-44H,1-28H3,(H2,93,94,95,96,97,98,99,100). The molecular formula is C92H102N20O4. The fourth-order valence-electron chi connectivity index (χ4n) is 16.7. The van der Waals surface area contributed by atoms with Crippen molar-refractivity contribution in [2.45, 2.75) is 209 Å². The number of nitrogens with zero attached hydrogens (tertiary/aromatic N) is 18. The van der Waals surface area contributed by atoms with Gasteiger partial charge in [-0.1, -0.05) is 166 Å². The Hall–Kier alpha value is -12.1. The van der Waals surface area contributed by atoms with E-state index < -0.39 is 0 Å². The Kier molecular flexibility index (Phi) is 17.0. The molecule has 13 heterocycles. The fraction of sp³-hybridized carbons (Fsp3) is 0.391. The molecule has 17 rings (SSSR count). The molecule has 0 fully saturated rings. The summed E-state index contributed by atoms with van der Waals surface area (Å²) in [6.07, 6.45) is 0. The lowest BCUT2D eigenvalue weighted by Crippen LogP contribution is -2.19. The van der Waals surface area contributed by atoms with Gasteiger partial charge in [0.15, 0.2) is 79.8 Å². The van der Waals surface area contributed by atoms with Gasteiger partial charge in [0.25, 0.3) is 0 Å². The van der Waals surface area contributed by atoms with E-state index in [0.717, 1.165) is 89.8 Å². The second kappa shape index (κ2) is 25.7. The zero-order chi connectivity index (χ0) is 82.9. The molecule has 8 bridgehead atoms. The highest BCUT2D eigenvalue weighted by Gasteiger charge is 2.36. The summed E-state index contributed by atoms with van der Waals surface area (Å²) in [4.78, 5) is 42.2. The van der Waals surface area contributed by atoms with Crippen molar-refractivity contribution < 1.29 is 18.9 Å². The zero-order valence-corrected chi connectivity index (χ0v) is 71.9. The molecule has 0 aliphatic heterocycles. The van der Waals surface area contributed by atoms with Gasteiger partial charge in [-0.15, -0.1) is 40.8 Å². The van der Waals surface area contributed by atoms with Gasteiger partial charge in [0, 0.05) is 88.3 Å². The maximum atomic E-state index is 6.36. The molecule has 0 aliphatic carbocycles. The van der Waals surface area contributed by atoms with Crippen LogP contribution in [-0.2, 0) is 43.3 Å². The molecule has 0 aliphatic rings. The van der Waals surface area contributed by atoms with Crippen LogP contribution in [0.15, 0.2) is 97.1 Å². The summed E-state index contributed by atoms with van der Waals surface area (Å²) in [6, 6.07) is 33.3. The van der Waals surface area contributed by atoms with Gasteiger partial charge >= 0.3 is 0 Å². The number of benzene rings is 4. The lowest BCUT2D eigenvalue weighted by atomic mass is 9.78. The van der Waals surface area contributed by atoms with Crippen molar-refractivity contribution in [3.63, 3.8) is 0 Å². The van der Waals surface area contributed by atoms with Gasteiger partial charge in [-0.25, -0.2) is 29.9 Å². The molecule has 0 atom stereocenters. The minimum absolute atomic E-state index is 0.305. The lowest BCUT2D eigenvalue weighted by molar-refractivity contribution is 0.381. The number of ether oxygens (including phenoxy) is 4. The van der Waals surface area contributed by atoms with Crippen molar-refractivity contribution in [3.8, 4) is 68.5 Å². The van der Waals surface area contributed by atoms with Crippen molar-refractivity contribution in [1.82, 2.24) is 98.3 Å². The highest BCUT2D eigenvalue weighted by atomic mass is 16.5. The maximum absolute atomic E-state index is 6.36. The molecule has 0 spiro atoms. The summed E-state index contributed by atoms with van der Waals surface area (Å²) < 4.78 is 33.7. The van der Waals surface area contributed by atoms with Crippen LogP contribution in [-0.4, -0.2) is 127 Å². The SMILES string of the molecule is COc1c(C(C)(C)C)cc(-c2nnc3ccc4c5nc(nc6[nH]c(nc7nc(nc8[nH]c(n5)c5c8ccc8nnc(-c9cc(C(C)(C)C)c(OC)c(C(C)(C)C)c9)n85)c5c7ccc7nnc(-c8cc(C(C)(C)C)c(OC)c(C(C)(C)C)c8)n75)c5c6ccc6nnc(-c7cc(C(C)(C)C)c(OC)c(C(C)(C)C)c7)n65)c4n23)cc1C(C)(C)C. The Morgan fingerprint density at radius 3 is 0.655 bits per heavy atom. The monoisotopic (exact) mass is 1550 g/mol. The summed E-state index contributed by atoms with van der Waals surface area (Å²) in [7, 11) is 6.99. The molecule has 0 saturated carbocycles. The van der Waals surface area contributed by atoms with Crippen LogP contribution in [0.25, 0.3) is 157 Å². The fourth-order valence-corrected chi connectivity index (χ4v) is 16.7. The quantitative estimate of drug-likeness (QED) is 0.143. The number of fused-ring (bicyclic) bond motifs is 28. The number of hydrogen-bond acceptors (Lipinski definition) is 18. The third-order valence-electron chi connectivity index (χ3n) is 22.6. The molecule has 2 N–H and O–H groups in total. The lowest BCUT2D eigenvalue weighted by Gasteiger charge is -2.29. The van der Waals surface area contributed by atoms with Gasteiger partial charge in [0.1, 0.15) is 56.4 Å². The van der Waals surface area contributed by atoms with Crippen LogP contribution < -0.4 is 18.9 Å². The smallest absolute Gasteiger partial charge is 0.181 e. The van der Waals surface area contributed by atoms with Crippen molar-refractivity contribution in [3.05, 3.63) is 142 Å². The number of methoxy groups -OCH3 is 4. The van der Waals surface area contributed by atoms with Crippen LogP contribution >= 0.6 is 0 Å². The second-order valence-corrected chi connectivity index (χ2v) is 39.3. The van der Waals surface area contributed by atoms with E-state index in [1.165, 1.54) is 0 Å². The molecule has 24 heteroatoms. The van der Waals surface area contributed by atoms with Gasteiger partial charge < -0.3 is 28.9 Å². The van der Waals surface area contributed by atoms with Crippen molar-refractivity contribution in [1.29, 1.82) is 0 Å². The van der Waals surface area contributed by atoms with E-state index in [-0.39, 0.29) is 43.3 Å². The molecular weight excluding hydrogens is 1450 g/mol. The van der Waals surface area contributed by atoms with E-state index >= 15 is 0 Å². The third kappa shape index (κ3) is 12.2. The highest BCUT2D eigenvalue weighted by Crippen LogP contribution is 2.49. The molecule has 24 nitrogen and oxygen atoms in total. The van der Waals surface area contributed by atoms with E-state index in [1.54, 1.807) is 28.4 Å². The summed E-state index contributed by atoms with van der Waals surface area (Å²) in [6.45, 7) is 52.8. The normalized spacial score (nSPS) is 13.3. The first kappa shape index (κ1) is 76.5. The number of H-pyrrole nitrogens is 2. The van der Waals surface area contributed by atoms with Gasteiger partial charge in [0.2, 0.25) is 0 Å². The minimum Gasteiger partial charge on any atom is -0.496 e. The van der Waals surface area contributed by atoms with Crippen LogP contribution in [0.2, 0.25) is 0 Å². The minimum atomic E-state index is -0.351. The van der Waals surface area contributed by atoms with Gasteiger partial charge in [0.05, 0.1) is 28.4 Å². The number of aromatic nitrogens is 20. The van der Waals surface area contributed by atoms with Crippen molar-refractivity contribution >= 4 is 111 Å². The first-order valence-electron chi connectivity index (χ1n) is 39.7. The van der Waals surface area contributed by atoms with Crippen LogP contribution in [0.3, 0.4) is 0 Å². The number of pyridine rings is 4. The average molecular weight is 1550 g/mol. The van der Waals surface area contributed by atoms with Gasteiger partial charge in [-0.05, 0) is 140 Å². The van der Waals surface area contributed by atoms with Crippen LogP contribution in [0.5, 0.6) is 23.0 Å². The Morgan fingerprint density at radius 1 is 0.233 bits per heavy atom. The van der Waals surface area contributed by atoms with E-state index in [4.69, 9.17) is 89.6 Å². The Labute approximate surface area is 673 Å². The van der Waals surface area contributed by atoms with E-state index in [0.29, 0.717) is 135 Å². The first-order valence-corrected chi connectivity index (χ1v) is 39.7. The summed E-state index contributed by atoms with van der Waals surface area (Å²) in [5.74, 6) is 5.57. The summed E-state index contributed by atoms with van der Waals surface area (Å²) in [5.41, 5.74) is 16.2. The van der Waals surface area contributed by atoms with Crippen LogP contribution in [0, 0.1) is 0 Å². The molecule has 0 saturated heterocycles. The zero-order valence-electron chi connectivity index (χ0n) is 71.9. The van der Waals surface area contributed by atoms with Gasteiger partial charge in [-0.3, -0.25) is 17.6 Å². The molecule has 594 valence electrons. The number of rotatable bonds is 8. The predicted molar refractivity (Wildman–Crippen MR) is 463 cm³/mol. The van der Waals surface area contributed by atoms with Crippen molar-refractivity contribution in [2.75, 3.05) is 28.4 Å². The Bertz CT molecular complexity index is 6120. The summed E-state index contributed by atoms with van der Waals surface area (Å²) in [5, 5.41) is 42.9. The molecule has 116 heavy (non-hydrogen) atoms. The van der Waals surface area contributed by atoms with E-state index in [2.05, 4.69) is 242 Å². The molecule has 0 radical (unpaired) electrons. The van der Waals surface area contributed by atoms with Crippen molar-refractivity contribution in [2.24, 2.45) is 0 Å². The van der Waals surface area contributed by atoms with E-state index in [9.17, 15) is 0 Å². The Morgan fingerprint density at radius 2 is 0.440 bits per heavy atom. The van der Waals surface area contributed by atoms with Gasteiger partial charge in [-0.2, -0.15) is 0 Å². The number of hydrogen-bond donors (Lipinski definition) is 2. The highest BCUT2D eigenvalue weighted by molar-refractivity contribution is 6.11. The number of aromatic amines is 2. The van der Waals surface area contributed by atoms with Crippen LogP contribution in [0.4, 0.5) is 0 Å². The summed E-state index contributed by atoms with van der Waals surface area (Å²) >= 11 is 0. The maximum Gasteiger partial charge on any atom is 0.181 e. The average Bonchev–Trinajstić information content (AvgIpc) is 1.55. The molecule has 17 aromatic rings. The Balaban J connectivity index is 1.10. The second-order valence-electron chi connectivity index (χ2n) is 39.3. The molecule has 4 aromatic carbocycles. The number of nitrogens with one attached hydrogen (secondary N) is 2. The molecule has 13 aromatic heterocycles. The topological polar surface area (TPSA) is 267 Å². The largest absolute Gasteiger partial charge is 0.496 e. The van der Waals surface area contributed by atoms with E-state index in [1.807, 2.05) is 48.5 Å². The molecule has 0 amide bonds. The third-order valence-corrected chi connectivity index (χ3v) is 22.6.